The molecule has 1 N–H and O–H groups in total. The number of rotatable bonds is 4. The minimum atomic E-state index is -4.51. The standard InChI is InChI=1S/C17H11Cl2F3N4O/c18-11-6-12(19)15(24-9-11)26-5-1-2-13(26)16(27)25-8-10-3-4-14(23-7-10)17(20,21)22/h1-7,9H,8H2,(H,25,27). The average Bonchev–Trinajstić information content (AvgIpc) is 3.09. The Bertz CT molecular complexity index is 971. The molecule has 0 aliphatic heterocycles. The van der Waals surface area contributed by atoms with E-state index >= 15 is 0 Å². The number of aromatic nitrogens is 3. The highest BCUT2D eigenvalue weighted by Gasteiger charge is 2.32. The third-order valence-corrected chi connectivity index (χ3v) is 4.05. The minimum Gasteiger partial charge on any atom is -0.347 e. The van der Waals surface area contributed by atoms with Gasteiger partial charge in [-0.1, -0.05) is 29.3 Å². The monoisotopic (exact) mass is 414 g/mol. The number of amides is 1. The molecule has 27 heavy (non-hydrogen) atoms. The van der Waals surface area contributed by atoms with Gasteiger partial charge in [0.25, 0.3) is 5.91 Å². The molecule has 140 valence electrons. The fourth-order valence-electron chi connectivity index (χ4n) is 2.30. The van der Waals surface area contributed by atoms with Crippen LogP contribution in [0.15, 0.2) is 48.9 Å². The van der Waals surface area contributed by atoms with E-state index in [0.29, 0.717) is 16.4 Å². The lowest BCUT2D eigenvalue weighted by Crippen LogP contribution is -2.25. The van der Waals surface area contributed by atoms with E-state index in [9.17, 15) is 18.0 Å². The maximum atomic E-state index is 12.5. The van der Waals surface area contributed by atoms with Crippen molar-refractivity contribution in [2.24, 2.45) is 0 Å². The quantitative estimate of drug-likeness (QED) is 0.682. The molecule has 0 atom stereocenters. The zero-order chi connectivity index (χ0) is 19.6. The van der Waals surface area contributed by atoms with Crippen molar-refractivity contribution < 1.29 is 18.0 Å². The normalized spacial score (nSPS) is 11.4. The second-order valence-electron chi connectivity index (χ2n) is 5.45. The van der Waals surface area contributed by atoms with Crippen LogP contribution < -0.4 is 5.32 Å². The summed E-state index contributed by atoms with van der Waals surface area (Å²) in [6.07, 6.45) is -0.428. The van der Waals surface area contributed by atoms with Gasteiger partial charge in [0.15, 0.2) is 5.82 Å². The third-order valence-electron chi connectivity index (χ3n) is 3.57. The van der Waals surface area contributed by atoms with E-state index in [0.717, 1.165) is 12.3 Å². The van der Waals surface area contributed by atoms with Gasteiger partial charge in [0, 0.05) is 25.1 Å². The molecule has 10 heteroatoms. The van der Waals surface area contributed by atoms with Gasteiger partial charge in [-0.3, -0.25) is 14.3 Å². The van der Waals surface area contributed by atoms with Crippen LogP contribution in [-0.4, -0.2) is 20.4 Å². The van der Waals surface area contributed by atoms with E-state index in [1.165, 1.54) is 22.9 Å². The highest BCUT2D eigenvalue weighted by atomic mass is 35.5. The van der Waals surface area contributed by atoms with Gasteiger partial charge in [0.2, 0.25) is 0 Å². The Labute approximate surface area is 161 Å². The number of halogens is 5. The van der Waals surface area contributed by atoms with Crippen LogP contribution in [0.3, 0.4) is 0 Å². The first-order chi connectivity index (χ1) is 12.8. The molecule has 3 heterocycles. The molecule has 0 radical (unpaired) electrons. The van der Waals surface area contributed by atoms with Gasteiger partial charge in [0.05, 0.1) is 10.0 Å². The van der Waals surface area contributed by atoms with E-state index in [1.54, 1.807) is 18.3 Å². The minimum absolute atomic E-state index is 0.0108. The second-order valence-corrected chi connectivity index (χ2v) is 6.30. The molecule has 0 aliphatic rings. The fourth-order valence-corrected chi connectivity index (χ4v) is 2.78. The number of carbonyl (C=O) groups excluding carboxylic acids is 1. The maximum absolute atomic E-state index is 12.5. The Hall–Kier alpha value is -2.58. The Kier molecular flexibility index (Phi) is 5.38. The Morgan fingerprint density at radius 1 is 1.15 bits per heavy atom. The van der Waals surface area contributed by atoms with E-state index in [4.69, 9.17) is 23.2 Å². The molecule has 3 aromatic rings. The smallest absolute Gasteiger partial charge is 0.347 e. The van der Waals surface area contributed by atoms with Crippen molar-refractivity contribution >= 4 is 29.1 Å². The zero-order valence-electron chi connectivity index (χ0n) is 13.5. The summed E-state index contributed by atoms with van der Waals surface area (Å²) in [6.45, 7) is 0.0108. The van der Waals surface area contributed by atoms with Crippen LogP contribution in [0.2, 0.25) is 10.0 Å². The highest BCUT2D eigenvalue weighted by Crippen LogP contribution is 2.27. The molecule has 0 aromatic carbocycles. The lowest BCUT2D eigenvalue weighted by Gasteiger charge is -2.11. The summed E-state index contributed by atoms with van der Waals surface area (Å²) in [5, 5.41) is 3.24. The van der Waals surface area contributed by atoms with Crippen LogP contribution >= 0.6 is 23.2 Å². The van der Waals surface area contributed by atoms with E-state index in [1.807, 2.05) is 0 Å². The Balaban J connectivity index is 1.73. The van der Waals surface area contributed by atoms with Crippen molar-refractivity contribution in [3.63, 3.8) is 0 Å². The van der Waals surface area contributed by atoms with Crippen LogP contribution in [0.1, 0.15) is 21.7 Å². The first-order valence-electron chi connectivity index (χ1n) is 7.55. The number of carbonyl (C=O) groups is 1. The molecule has 0 spiro atoms. The summed E-state index contributed by atoms with van der Waals surface area (Å²) in [5.74, 6) is -0.125. The molecule has 0 saturated carbocycles. The lowest BCUT2D eigenvalue weighted by atomic mass is 10.2. The third kappa shape index (κ3) is 4.40. The Morgan fingerprint density at radius 2 is 1.93 bits per heavy atom. The summed E-state index contributed by atoms with van der Waals surface area (Å²) < 4.78 is 39.1. The van der Waals surface area contributed by atoms with Crippen LogP contribution in [0.4, 0.5) is 13.2 Å². The van der Waals surface area contributed by atoms with Gasteiger partial charge in [-0.25, -0.2) is 4.98 Å². The molecule has 0 unspecified atom stereocenters. The maximum Gasteiger partial charge on any atom is 0.433 e. The van der Waals surface area contributed by atoms with Crippen molar-refractivity contribution in [3.8, 4) is 5.82 Å². The lowest BCUT2D eigenvalue weighted by molar-refractivity contribution is -0.141. The summed E-state index contributed by atoms with van der Waals surface area (Å²) in [7, 11) is 0. The summed E-state index contributed by atoms with van der Waals surface area (Å²) in [6, 6.07) is 6.82. The highest BCUT2D eigenvalue weighted by molar-refractivity contribution is 6.35. The van der Waals surface area contributed by atoms with Gasteiger partial charge in [-0.15, -0.1) is 0 Å². The summed E-state index contributed by atoms with van der Waals surface area (Å²) in [5.41, 5.74) is -0.307. The number of hydrogen-bond acceptors (Lipinski definition) is 3. The molecule has 0 saturated heterocycles. The van der Waals surface area contributed by atoms with Gasteiger partial charge < -0.3 is 5.32 Å². The number of nitrogens with one attached hydrogen (secondary N) is 1. The largest absolute Gasteiger partial charge is 0.433 e. The number of hydrogen-bond donors (Lipinski definition) is 1. The van der Waals surface area contributed by atoms with Crippen LogP contribution in [0.5, 0.6) is 0 Å². The molecular formula is C17H11Cl2F3N4O. The average molecular weight is 415 g/mol. The van der Waals surface area contributed by atoms with Crippen molar-refractivity contribution in [1.29, 1.82) is 0 Å². The molecule has 5 nitrogen and oxygen atoms in total. The summed E-state index contributed by atoms with van der Waals surface area (Å²) in [4.78, 5) is 19.9. The van der Waals surface area contributed by atoms with Crippen molar-refractivity contribution in [2.75, 3.05) is 0 Å². The number of pyridine rings is 2. The Morgan fingerprint density at radius 3 is 2.56 bits per heavy atom. The molecule has 0 aliphatic carbocycles. The predicted molar refractivity (Wildman–Crippen MR) is 94.0 cm³/mol. The fraction of sp³-hybridized carbons (Fsp3) is 0.118. The van der Waals surface area contributed by atoms with Gasteiger partial charge >= 0.3 is 6.18 Å². The van der Waals surface area contributed by atoms with Crippen LogP contribution in [0.25, 0.3) is 5.82 Å². The van der Waals surface area contributed by atoms with E-state index in [2.05, 4.69) is 15.3 Å². The van der Waals surface area contributed by atoms with Gasteiger partial charge in [0.1, 0.15) is 11.4 Å². The first kappa shape index (κ1) is 19.2. The SMILES string of the molecule is O=C(NCc1ccc(C(F)(F)F)nc1)c1cccn1-c1ncc(Cl)cc1Cl. The molecular weight excluding hydrogens is 404 g/mol. The van der Waals surface area contributed by atoms with Crippen molar-refractivity contribution in [1.82, 2.24) is 19.9 Å². The molecule has 3 rings (SSSR count). The van der Waals surface area contributed by atoms with Crippen molar-refractivity contribution in [3.05, 3.63) is 75.9 Å². The zero-order valence-corrected chi connectivity index (χ0v) is 15.0. The molecule has 0 bridgehead atoms. The van der Waals surface area contributed by atoms with E-state index in [-0.39, 0.29) is 17.3 Å². The van der Waals surface area contributed by atoms with E-state index < -0.39 is 17.8 Å². The van der Waals surface area contributed by atoms with Crippen LogP contribution in [0, 0.1) is 0 Å². The van der Waals surface area contributed by atoms with Crippen LogP contribution in [-0.2, 0) is 12.7 Å². The number of alkyl halides is 3. The topological polar surface area (TPSA) is 59.8 Å². The number of nitrogens with zero attached hydrogens (tertiary/aromatic N) is 3. The molecule has 1 amide bonds. The first-order valence-corrected chi connectivity index (χ1v) is 8.30. The predicted octanol–water partition coefficient (Wildman–Crippen LogP) is 4.52. The van der Waals surface area contributed by atoms with Crippen molar-refractivity contribution in [2.45, 2.75) is 12.7 Å². The molecule has 3 aromatic heterocycles. The molecule has 0 fully saturated rings. The summed E-state index contributed by atoms with van der Waals surface area (Å²) >= 11 is 11.9. The second kappa shape index (κ2) is 7.58. The van der Waals surface area contributed by atoms with Gasteiger partial charge in [-0.05, 0) is 29.8 Å². The van der Waals surface area contributed by atoms with Gasteiger partial charge in [-0.2, -0.15) is 13.2 Å².